The molecule has 1 atom stereocenters. The standard InChI is InChI=1S/C10H16N2O3/c1-8-5-12(3-2-4-14-8)10-11-9(6-13)7-15-10/h7-8,13H,2-6H2,1H3. The Morgan fingerprint density at radius 1 is 1.67 bits per heavy atom. The van der Waals surface area contributed by atoms with Crippen LogP contribution in [0.1, 0.15) is 19.0 Å². The van der Waals surface area contributed by atoms with Crippen LogP contribution in [-0.2, 0) is 11.3 Å². The minimum atomic E-state index is -0.0800. The third kappa shape index (κ3) is 2.49. The van der Waals surface area contributed by atoms with Gasteiger partial charge in [0.05, 0.1) is 12.7 Å². The zero-order valence-corrected chi connectivity index (χ0v) is 8.85. The molecular weight excluding hydrogens is 196 g/mol. The van der Waals surface area contributed by atoms with E-state index < -0.39 is 0 Å². The quantitative estimate of drug-likeness (QED) is 0.785. The first-order valence-corrected chi connectivity index (χ1v) is 5.21. The number of aliphatic hydroxyl groups excluding tert-OH is 1. The summed E-state index contributed by atoms with van der Waals surface area (Å²) in [5.74, 6) is 0. The summed E-state index contributed by atoms with van der Waals surface area (Å²) >= 11 is 0. The van der Waals surface area contributed by atoms with Gasteiger partial charge in [-0.3, -0.25) is 0 Å². The Hall–Kier alpha value is -1.07. The molecule has 1 unspecified atom stereocenters. The molecule has 0 saturated carbocycles. The van der Waals surface area contributed by atoms with Crippen molar-refractivity contribution in [1.29, 1.82) is 0 Å². The third-order valence-corrected chi connectivity index (χ3v) is 2.42. The second-order valence-corrected chi connectivity index (χ2v) is 3.76. The number of aliphatic hydroxyl groups is 1. The van der Waals surface area contributed by atoms with Gasteiger partial charge in [0.25, 0.3) is 6.01 Å². The minimum Gasteiger partial charge on any atom is -0.432 e. The molecule has 15 heavy (non-hydrogen) atoms. The normalized spacial score (nSPS) is 22.8. The maximum absolute atomic E-state index is 8.89. The Bertz CT molecular complexity index is 313. The monoisotopic (exact) mass is 212 g/mol. The summed E-state index contributed by atoms with van der Waals surface area (Å²) in [4.78, 5) is 6.23. The zero-order valence-electron chi connectivity index (χ0n) is 8.85. The van der Waals surface area contributed by atoms with Gasteiger partial charge >= 0.3 is 0 Å². The van der Waals surface area contributed by atoms with Crippen LogP contribution >= 0.6 is 0 Å². The number of nitrogens with zero attached hydrogens (tertiary/aromatic N) is 2. The first kappa shape index (κ1) is 10.4. The van der Waals surface area contributed by atoms with Gasteiger partial charge in [0.1, 0.15) is 12.0 Å². The van der Waals surface area contributed by atoms with Gasteiger partial charge in [-0.1, -0.05) is 0 Å². The summed E-state index contributed by atoms with van der Waals surface area (Å²) in [5.41, 5.74) is 0.572. The Balaban J connectivity index is 2.07. The van der Waals surface area contributed by atoms with E-state index in [4.69, 9.17) is 14.3 Å². The SMILES string of the molecule is CC1CN(c2nc(CO)co2)CCCO1. The molecule has 1 aromatic rings. The third-order valence-electron chi connectivity index (χ3n) is 2.42. The minimum absolute atomic E-state index is 0.0800. The molecule has 0 aliphatic carbocycles. The molecule has 84 valence electrons. The molecule has 0 aromatic carbocycles. The van der Waals surface area contributed by atoms with Crippen molar-refractivity contribution in [2.24, 2.45) is 0 Å². The van der Waals surface area contributed by atoms with Crippen LogP contribution in [0.4, 0.5) is 6.01 Å². The number of anilines is 1. The van der Waals surface area contributed by atoms with E-state index in [1.807, 2.05) is 6.92 Å². The highest BCUT2D eigenvalue weighted by atomic mass is 16.5. The maximum atomic E-state index is 8.89. The van der Waals surface area contributed by atoms with Crippen molar-refractivity contribution in [2.45, 2.75) is 26.1 Å². The average Bonchev–Trinajstić information content (AvgIpc) is 2.61. The summed E-state index contributed by atoms with van der Waals surface area (Å²) < 4.78 is 10.8. The van der Waals surface area contributed by atoms with Crippen LogP contribution in [0.25, 0.3) is 0 Å². The van der Waals surface area contributed by atoms with Gasteiger partial charge in [0, 0.05) is 19.7 Å². The predicted octanol–water partition coefficient (Wildman–Crippen LogP) is 0.782. The second kappa shape index (κ2) is 4.63. The van der Waals surface area contributed by atoms with Crippen LogP contribution < -0.4 is 4.90 Å². The highest BCUT2D eigenvalue weighted by Crippen LogP contribution is 2.17. The van der Waals surface area contributed by atoms with E-state index >= 15 is 0 Å². The van der Waals surface area contributed by atoms with E-state index in [2.05, 4.69) is 9.88 Å². The average molecular weight is 212 g/mol. The molecule has 1 aliphatic rings. The van der Waals surface area contributed by atoms with E-state index in [-0.39, 0.29) is 12.7 Å². The lowest BCUT2D eigenvalue weighted by Crippen LogP contribution is -2.30. The lowest BCUT2D eigenvalue weighted by atomic mass is 10.3. The van der Waals surface area contributed by atoms with Gasteiger partial charge in [-0.05, 0) is 13.3 Å². The van der Waals surface area contributed by atoms with Crippen LogP contribution in [-0.4, -0.2) is 35.9 Å². The highest BCUT2D eigenvalue weighted by Gasteiger charge is 2.19. The molecular formula is C10H16N2O3. The van der Waals surface area contributed by atoms with E-state index in [9.17, 15) is 0 Å². The van der Waals surface area contributed by atoms with Gasteiger partial charge in [-0.15, -0.1) is 0 Å². The molecule has 0 radical (unpaired) electrons. The Kier molecular flexibility index (Phi) is 3.23. The first-order valence-electron chi connectivity index (χ1n) is 5.21. The molecule has 5 nitrogen and oxygen atoms in total. The number of ether oxygens (including phenoxy) is 1. The van der Waals surface area contributed by atoms with E-state index in [1.54, 1.807) is 0 Å². The molecule has 2 heterocycles. The smallest absolute Gasteiger partial charge is 0.297 e. The van der Waals surface area contributed by atoms with Gasteiger partial charge in [0.15, 0.2) is 0 Å². The molecule has 0 bridgehead atoms. The molecule has 1 N–H and O–H groups in total. The van der Waals surface area contributed by atoms with E-state index in [0.717, 1.165) is 26.1 Å². The molecule has 1 aromatic heterocycles. The number of aromatic nitrogens is 1. The number of rotatable bonds is 2. The zero-order chi connectivity index (χ0) is 10.7. The number of hydrogen-bond acceptors (Lipinski definition) is 5. The molecule has 1 fully saturated rings. The lowest BCUT2D eigenvalue weighted by molar-refractivity contribution is 0.0818. The van der Waals surface area contributed by atoms with Crippen molar-refractivity contribution >= 4 is 6.01 Å². The lowest BCUT2D eigenvalue weighted by Gasteiger charge is -2.19. The summed E-state index contributed by atoms with van der Waals surface area (Å²) in [6, 6.07) is 0.580. The van der Waals surface area contributed by atoms with Crippen LogP contribution in [0, 0.1) is 0 Å². The van der Waals surface area contributed by atoms with Crippen molar-refractivity contribution in [3.05, 3.63) is 12.0 Å². The molecule has 2 rings (SSSR count). The van der Waals surface area contributed by atoms with Gasteiger partial charge in [-0.2, -0.15) is 4.98 Å². The van der Waals surface area contributed by atoms with Crippen LogP contribution in [0.3, 0.4) is 0 Å². The van der Waals surface area contributed by atoms with Crippen molar-refractivity contribution in [3.63, 3.8) is 0 Å². The second-order valence-electron chi connectivity index (χ2n) is 3.76. The van der Waals surface area contributed by atoms with Crippen molar-refractivity contribution in [3.8, 4) is 0 Å². The largest absolute Gasteiger partial charge is 0.432 e. The van der Waals surface area contributed by atoms with E-state index in [1.165, 1.54) is 6.26 Å². The molecule has 1 aliphatic heterocycles. The Labute approximate surface area is 88.7 Å². The molecule has 5 heteroatoms. The Morgan fingerprint density at radius 3 is 3.27 bits per heavy atom. The highest BCUT2D eigenvalue weighted by molar-refractivity contribution is 5.27. The van der Waals surface area contributed by atoms with Crippen LogP contribution in [0.2, 0.25) is 0 Å². The van der Waals surface area contributed by atoms with Gasteiger partial charge in [0.2, 0.25) is 0 Å². The van der Waals surface area contributed by atoms with Crippen LogP contribution in [0.15, 0.2) is 10.7 Å². The van der Waals surface area contributed by atoms with Gasteiger partial charge < -0.3 is 19.2 Å². The topological polar surface area (TPSA) is 58.7 Å². The van der Waals surface area contributed by atoms with Gasteiger partial charge in [-0.25, -0.2) is 0 Å². The Morgan fingerprint density at radius 2 is 2.53 bits per heavy atom. The summed E-state index contributed by atoms with van der Waals surface area (Å²) in [5, 5.41) is 8.89. The van der Waals surface area contributed by atoms with Crippen LogP contribution in [0.5, 0.6) is 0 Å². The fraction of sp³-hybridized carbons (Fsp3) is 0.700. The van der Waals surface area contributed by atoms with E-state index in [0.29, 0.717) is 11.7 Å². The number of hydrogen-bond donors (Lipinski definition) is 1. The van der Waals surface area contributed by atoms with Crippen molar-refractivity contribution < 1.29 is 14.3 Å². The van der Waals surface area contributed by atoms with Crippen molar-refractivity contribution in [2.75, 3.05) is 24.6 Å². The summed E-state index contributed by atoms with van der Waals surface area (Å²) in [7, 11) is 0. The molecule has 0 amide bonds. The number of oxazole rings is 1. The first-order chi connectivity index (χ1) is 7.29. The van der Waals surface area contributed by atoms with Crippen molar-refractivity contribution in [1.82, 2.24) is 4.98 Å². The summed E-state index contributed by atoms with van der Waals surface area (Å²) in [6.07, 6.45) is 2.66. The predicted molar refractivity (Wildman–Crippen MR) is 54.7 cm³/mol. The summed E-state index contributed by atoms with van der Waals surface area (Å²) in [6.45, 7) is 4.41. The maximum Gasteiger partial charge on any atom is 0.297 e. The molecule has 0 spiro atoms. The molecule has 1 saturated heterocycles. The fourth-order valence-electron chi connectivity index (χ4n) is 1.68. The fourth-order valence-corrected chi connectivity index (χ4v) is 1.68.